The SMILES string of the molecule is C#Cc1ccc(F)c([C@]2(C)CS3(O)NCCCCN3C(NC(=O)OC(C)(C)C)=N2)c1. The van der Waals surface area contributed by atoms with Crippen LogP contribution in [0.5, 0.6) is 0 Å². The van der Waals surface area contributed by atoms with Gasteiger partial charge in [-0.1, -0.05) is 5.92 Å². The Kier molecular flexibility index (Phi) is 6.05. The second-order valence-corrected chi connectivity index (χ2v) is 11.0. The minimum Gasteiger partial charge on any atom is -0.444 e. The molecule has 0 aliphatic carbocycles. The third kappa shape index (κ3) is 4.72. The first kappa shape index (κ1) is 22.4. The molecule has 3 N–H and O–H groups in total. The van der Waals surface area contributed by atoms with Crippen molar-refractivity contribution in [1.82, 2.24) is 14.3 Å². The van der Waals surface area contributed by atoms with Crippen molar-refractivity contribution in [3.05, 3.63) is 35.1 Å². The summed E-state index contributed by atoms with van der Waals surface area (Å²) in [5.41, 5.74) is -1.05. The molecule has 1 amide bonds. The molecule has 1 saturated heterocycles. The number of amides is 1. The summed E-state index contributed by atoms with van der Waals surface area (Å²) in [5, 5.41) is 2.67. The van der Waals surface area contributed by atoms with Gasteiger partial charge in [0.2, 0.25) is 5.96 Å². The maximum absolute atomic E-state index is 14.8. The number of rotatable bonds is 1. The van der Waals surface area contributed by atoms with E-state index in [1.807, 2.05) is 0 Å². The van der Waals surface area contributed by atoms with E-state index in [1.54, 1.807) is 38.1 Å². The number of fused-ring (bicyclic) bond motifs is 1. The number of guanidine groups is 1. The lowest BCUT2D eigenvalue weighted by Gasteiger charge is -2.51. The van der Waals surface area contributed by atoms with Gasteiger partial charge in [-0.2, -0.15) is 0 Å². The third-order valence-electron chi connectivity index (χ3n) is 4.88. The number of ether oxygens (including phenoxy) is 1. The Morgan fingerprint density at radius 2 is 2.20 bits per heavy atom. The zero-order valence-corrected chi connectivity index (χ0v) is 18.6. The van der Waals surface area contributed by atoms with Gasteiger partial charge < -0.3 is 9.29 Å². The number of terminal acetylenes is 1. The Hall–Kier alpha value is -2.28. The molecule has 9 heteroatoms. The van der Waals surface area contributed by atoms with E-state index in [2.05, 4.69) is 16.0 Å². The van der Waals surface area contributed by atoms with E-state index < -0.39 is 33.7 Å². The molecule has 2 aliphatic rings. The number of carbonyl (C=O) groups excluding carboxylic acids is 1. The van der Waals surface area contributed by atoms with E-state index in [0.29, 0.717) is 18.7 Å². The summed E-state index contributed by atoms with van der Waals surface area (Å²) < 4.78 is 36.7. The number of carbonyl (C=O) groups is 1. The zero-order chi connectivity index (χ0) is 22.2. The molecular weight excluding hydrogens is 407 g/mol. The lowest BCUT2D eigenvalue weighted by Crippen LogP contribution is -2.56. The molecule has 0 aromatic heterocycles. The van der Waals surface area contributed by atoms with E-state index in [-0.39, 0.29) is 17.3 Å². The van der Waals surface area contributed by atoms with Gasteiger partial charge in [0, 0.05) is 34.9 Å². The molecule has 0 spiro atoms. The highest BCUT2D eigenvalue weighted by molar-refractivity contribution is 8.26. The van der Waals surface area contributed by atoms with Gasteiger partial charge in [-0.3, -0.25) is 9.62 Å². The number of alkyl carbamates (subject to hydrolysis) is 1. The summed E-state index contributed by atoms with van der Waals surface area (Å²) in [6.07, 6.45) is 6.49. The van der Waals surface area contributed by atoms with Gasteiger partial charge in [-0.15, -0.1) is 6.42 Å². The van der Waals surface area contributed by atoms with Crippen molar-refractivity contribution in [3.63, 3.8) is 0 Å². The molecule has 1 unspecified atom stereocenters. The number of halogens is 1. The molecular formula is C21H29FN4O3S. The van der Waals surface area contributed by atoms with E-state index >= 15 is 0 Å². The fourth-order valence-electron chi connectivity index (χ4n) is 3.59. The van der Waals surface area contributed by atoms with Gasteiger partial charge in [0.15, 0.2) is 0 Å². The monoisotopic (exact) mass is 436 g/mol. The number of benzene rings is 1. The first-order valence-electron chi connectivity index (χ1n) is 9.88. The van der Waals surface area contributed by atoms with Crippen LogP contribution in [-0.4, -0.2) is 45.4 Å². The standard InChI is InChI=1S/C21H29FN4O3S/c1-6-15-9-10-17(22)16(13-15)21(5)14-30(28)23-11-7-8-12-26(30)18(25-21)24-19(27)29-20(2,3)4/h1,9-10,13,23,28H,7-8,11-12,14H2,2-5H3,(H,24,25,27)/t21-/m0/s1. The summed E-state index contributed by atoms with van der Waals surface area (Å²) in [6.45, 7) is 8.14. The van der Waals surface area contributed by atoms with Crippen LogP contribution in [0, 0.1) is 18.2 Å². The highest BCUT2D eigenvalue weighted by atomic mass is 32.3. The van der Waals surface area contributed by atoms with Gasteiger partial charge in [0.05, 0.1) is 5.75 Å². The summed E-state index contributed by atoms with van der Waals surface area (Å²) >= 11 is 0. The second-order valence-electron chi connectivity index (χ2n) is 8.69. The van der Waals surface area contributed by atoms with Crippen LogP contribution in [0.3, 0.4) is 0 Å². The zero-order valence-electron chi connectivity index (χ0n) is 17.8. The Morgan fingerprint density at radius 1 is 1.47 bits per heavy atom. The normalized spacial score (nSPS) is 28.8. The molecule has 3 rings (SSSR count). The van der Waals surface area contributed by atoms with Gasteiger partial charge in [0.25, 0.3) is 0 Å². The van der Waals surface area contributed by atoms with Crippen LogP contribution in [0.4, 0.5) is 9.18 Å². The average Bonchev–Trinajstić information content (AvgIpc) is 2.81. The fourth-order valence-corrected chi connectivity index (χ4v) is 6.28. The molecule has 164 valence electrons. The highest BCUT2D eigenvalue weighted by Crippen LogP contribution is 2.53. The van der Waals surface area contributed by atoms with Crippen molar-refractivity contribution < 1.29 is 18.5 Å². The predicted molar refractivity (Wildman–Crippen MR) is 118 cm³/mol. The van der Waals surface area contributed by atoms with Crippen LogP contribution in [0.15, 0.2) is 23.2 Å². The fraction of sp³-hybridized carbons (Fsp3) is 0.524. The van der Waals surface area contributed by atoms with Crippen molar-refractivity contribution in [2.24, 2.45) is 4.99 Å². The average molecular weight is 437 g/mol. The Bertz CT molecular complexity index is 910. The van der Waals surface area contributed by atoms with Gasteiger partial charge in [0.1, 0.15) is 17.0 Å². The van der Waals surface area contributed by atoms with Crippen molar-refractivity contribution in [2.45, 2.75) is 51.7 Å². The number of hydrogen-bond donors (Lipinski definition) is 3. The third-order valence-corrected chi connectivity index (χ3v) is 7.60. The second kappa shape index (κ2) is 8.10. The van der Waals surface area contributed by atoms with Crippen molar-refractivity contribution >= 4 is 22.7 Å². The lowest BCUT2D eigenvalue weighted by molar-refractivity contribution is 0.0558. The minimum absolute atomic E-state index is 0.157. The molecule has 1 aromatic rings. The maximum atomic E-state index is 14.8. The predicted octanol–water partition coefficient (Wildman–Crippen LogP) is 3.71. The van der Waals surface area contributed by atoms with E-state index in [4.69, 9.17) is 16.2 Å². The molecule has 0 saturated carbocycles. The first-order valence-corrected chi connectivity index (χ1v) is 11.6. The van der Waals surface area contributed by atoms with E-state index in [9.17, 15) is 13.7 Å². The Balaban J connectivity index is 2.07. The molecule has 30 heavy (non-hydrogen) atoms. The maximum Gasteiger partial charge on any atom is 0.414 e. The summed E-state index contributed by atoms with van der Waals surface area (Å²) in [5.74, 6) is 2.36. The molecule has 2 aliphatic heterocycles. The number of hydrogen-bond acceptors (Lipinski definition) is 6. The highest BCUT2D eigenvalue weighted by Gasteiger charge is 2.47. The van der Waals surface area contributed by atoms with Crippen LogP contribution < -0.4 is 10.0 Å². The van der Waals surface area contributed by atoms with Crippen molar-refractivity contribution in [3.8, 4) is 12.3 Å². The number of nitrogens with one attached hydrogen (secondary N) is 2. The molecule has 0 bridgehead atoms. The van der Waals surface area contributed by atoms with Crippen LogP contribution in [0.2, 0.25) is 0 Å². The summed E-state index contributed by atoms with van der Waals surface area (Å²) in [6, 6.07) is 4.39. The first-order chi connectivity index (χ1) is 14.0. The molecule has 0 radical (unpaired) electrons. The molecule has 7 nitrogen and oxygen atoms in total. The molecule has 1 aromatic carbocycles. The Labute approximate surface area is 178 Å². The van der Waals surface area contributed by atoms with Crippen LogP contribution >= 0.6 is 10.7 Å². The van der Waals surface area contributed by atoms with Gasteiger partial charge in [-0.05, 0) is 58.7 Å². The minimum atomic E-state index is -2.59. The topological polar surface area (TPSA) is 86.2 Å². The largest absolute Gasteiger partial charge is 0.444 e. The van der Waals surface area contributed by atoms with Crippen molar-refractivity contribution in [1.29, 1.82) is 0 Å². The van der Waals surface area contributed by atoms with Crippen molar-refractivity contribution in [2.75, 3.05) is 18.8 Å². The lowest BCUT2D eigenvalue weighted by atomic mass is 9.92. The molecule has 2 atom stereocenters. The summed E-state index contributed by atoms with van der Waals surface area (Å²) in [7, 11) is -2.59. The van der Waals surface area contributed by atoms with E-state index in [1.165, 1.54) is 12.1 Å². The van der Waals surface area contributed by atoms with E-state index in [0.717, 1.165) is 12.8 Å². The van der Waals surface area contributed by atoms with Gasteiger partial charge >= 0.3 is 6.09 Å². The molecule has 1 fully saturated rings. The quantitative estimate of drug-likeness (QED) is 0.585. The Morgan fingerprint density at radius 3 is 2.87 bits per heavy atom. The smallest absolute Gasteiger partial charge is 0.414 e. The van der Waals surface area contributed by atoms with Crippen LogP contribution in [-0.2, 0) is 10.3 Å². The van der Waals surface area contributed by atoms with Crippen LogP contribution in [0.25, 0.3) is 0 Å². The molecule has 2 heterocycles. The van der Waals surface area contributed by atoms with Gasteiger partial charge in [-0.25, -0.2) is 18.9 Å². The summed E-state index contributed by atoms with van der Waals surface area (Å²) in [4.78, 5) is 17.2. The number of nitrogens with zero attached hydrogens (tertiary/aromatic N) is 2. The number of aliphatic imine (C=N–C) groups is 1. The van der Waals surface area contributed by atoms with Crippen LogP contribution in [0.1, 0.15) is 51.7 Å².